The zero-order valence-electron chi connectivity index (χ0n) is 18.4. The van der Waals surface area contributed by atoms with Gasteiger partial charge in [-0.2, -0.15) is 0 Å². The van der Waals surface area contributed by atoms with Crippen molar-refractivity contribution in [2.45, 2.75) is 32.1 Å². The highest BCUT2D eigenvalue weighted by molar-refractivity contribution is 6.05. The predicted octanol–water partition coefficient (Wildman–Crippen LogP) is 4.01. The molecule has 4 aromatic heterocycles. The summed E-state index contributed by atoms with van der Waals surface area (Å²) in [4.78, 5) is 25.2. The zero-order chi connectivity index (χ0) is 22.5. The van der Waals surface area contributed by atoms with Gasteiger partial charge in [0, 0.05) is 25.0 Å². The van der Waals surface area contributed by atoms with Crippen LogP contribution in [0.2, 0.25) is 0 Å². The van der Waals surface area contributed by atoms with E-state index < -0.39 is 0 Å². The van der Waals surface area contributed by atoms with Crippen molar-refractivity contribution < 1.29 is 4.79 Å². The van der Waals surface area contributed by atoms with Crippen LogP contribution in [0.4, 0.5) is 5.69 Å². The topological polar surface area (TPSA) is 101 Å². The lowest BCUT2D eigenvalue weighted by atomic mass is 9.59. The average molecular weight is 428 g/mol. The molecule has 8 nitrogen and oxygen atoms in total. The number of hydrogen-bond acceptors (Lipinski definition) is 5. The minimum atomic E-state index is -0.288. The van der Waals surface area contributed by atoms with Gasteiger partial charge in [0.1, 0.15) is 17.8 Å². The molecule has 4 heterocycles. The van der Waals surface area contributed by atoms with E-state index in [1.54, 1.807) is 24.7 Å². The fourth-order valence-electron chi connectivity index (χ4n) is 4.89. The SMILES string of the molecule is C=Cc1cc(C(=O)Nc2cncc(C3(c4nncn4C)CC(C)C3)c2)nc2c(C)c[nH]c12. The molecule has 0 spiro atoms. The monoisotopic (exact) mass is 427 g/mol. The maximum absolute atomic E-state index is 13.1. The van der Waals surface area contributed by atoms with E-state index in [2.05, 4.69) is 44.0 Å². The van der Waals surface area contributed by atoms with Gasteiger partial charge in [-0.05, 0) is 48.9 Å². The third-order valence-electron chi connectivity index (χ3n) is 6.39. The van der Waals surface area contributed by atoms with E-state index in [-0.39, 0.29) is 11.3 Å². The smallest absolute Gasteiger partial charge is 0.274 e. The summed E-state index contributed by atoms with van der Waals surface area (Å²) in [5.74, 6) is 1.22. The molecule has 5 rings (SSSR count). The minimum Gasteiger partial charge on any atom is -0.359 e. The lowest BCUT2D eigenvalue weighted by molar-refractivity contribution is 0.102. The van der Waals surface area contributed by atoms with E-state index in [1.807, 2.05) is 37.0 Å². The number of rotatable bonds is 5. The van der Waals surface area contributed by atoms with Crippen molar-refractivity contribution in [3.05, 3.63) is 71.8 Å². The summed E-state index contributed by atoms with van der Waals surface area (Å²) in [5.41, 5.74) is 5.21. The fourth-order valence-corrected chi connectivity index (χ4v) is 4.89. The number of aromatic amines is 1. The van der Waals surface area contributed by atoms with Crippen molar-refractivity contribution in [3.8, 4) is 0 Å². The van der Waals surface area contributed by atoms with Gasteiger partial charge in [-0.1, -0.05) is 19.6 Å². The molecule has 2 N–H and O–H groups in total. The minimum absolute atomic E-state index is 0.242. The number of pyridine rings is 2. The molecule has 1 saturated carbocycles. The lowest BCUT2D eigenvalue weighted by Crippen LogP contribution is -2.43. The quantitative estimate of drug-likeness (QED) is 0.501. The van der Waals surface area contributed by atoms with Crippen LogP contribution in [0.5, 0.6) is 0 Å². The fraction of sp³-hybridized carbons (Fsp3) is 0.292. The summed E-state index contributed by atoms with van der Waals surface area (Å²) >= 11 is 0. The number of H-pyrrole nitrogens is 1. The molecular formula is C24H25N7O. The molecule has 0 bridgehead atoms. The highest BCUT2D eigenvalue weighted by atomic mass is 16.1. The van der Waals surface area contributed by atoms with Crippen molar-refractivity contribution in [1.82, 2.24) is 29.7 Å². The first-order valence-electron chi connectivity index (χ1n) is 10.6. The van der Waals surface area contributed by atoms with Gasteiger partial charge in [-0.3, -0.25) is 9.78 Å². The molecule has 0 saturated heterocycles. The highest BCUT2D eigenvalue weighted by Gasteiger charge is 2.48. The molecule has 0 aliphatic heterocycles. The van der Waals surface area contributed by atoms with Crippen LogP contribution in [0.15, 0.2) is 43.6 Å². The summed E-state index contributed by atoms with van der Waals surface area (Å²) in [6.07, 6.45) is 10.8. The number of aromatic nitrogens is 6. The Bertz CT molecular complexity index is 1340. The van der Waals surface area contributed by atoms with E-state index in [0.29, 0.717) is 17.3 Å². The molecule has 1 fully saturated rings. The third kappa shape index (κ3) is 3.10. The number of aryl methyl sites for hydroxylation is 2. The van der Waals surface area contributed by atoms with Crippen molar-refractivity contribution in [3.63, 3.8) is 0 Å². The molecular weight excluding hydrogens is 402 g/mol. The molecule has 1 amide bonds. The van der Waals surface area contributed by atoms with Gasteiger partial charge >= 0.3 is 0 Å². The van der Waals surface area contributed by atoms with Crippen LogP contribution in [-0.4, -0.2) is 35.6 Å². The van der Waals surface area contributed by atoms with Gasteiger partial charge in [0.2, 0.25) is 0 Å². The first-order chi connectivity index (χ1) is 15.4. The van der Waals surface area contributed by atoms with Crippen LogP contribution >= 0.6 is 0 Å². The van der Waals surface area contributed by atoms with Gasteiger partial charge in [0.15, 0.2) is 0 Å². The van der Waals surface area contributed by atoms with Gasteiger partial charge < -0.3 is 14.9 Å². The van der Waals surface area contributed by atoms with Gasteiger partial charge in [-0.15, -0.1) is 10.2 Å². The number of hydrogen-bond donors (Lipinski definition) is 2. The Morgan fingerprint density at radius 1 is 1.34 bits per heavy atom. The molecule has 0 aromatic carbocycles. The first kappa shape index (κ1) is 20.1. The zero-order valence-corrected chi connectivity index (χ0v) is 18.4. The van der Waals surface area contributed by atoms with Gasteiger partial charge in [0.25, 0.3) is 5.91 Å². The summed E-state index contributed by atoms with van der Waals surface area (Å²) < 4.78 is 1.96. The Balaban J connectivity index is 1.48. The van der Waals surface area contributed by atoms with Crippen LogP contribution in [0.1, 0.15) is 52.8 Å². The van der Waals surface area contributed by atoms with E-state index in [1.165, 1.54) is 0 Å². The van der Waals surface area contributed by atoms with E-state index >= 15 is 0 Å². The van der Waals surface area contributed by atoms with Gasteiger partial charge in [-0.25, -0.2) is 4.98 Å². The second-order valence-corrected chi connectivity index (χ2v) is 8.77. The van der Waals surface area contributed by atoms with E-state index in [4.69, 9.17) is 0 Å². The molecule has 32 heavy (non-hydrogen) atoms. The van der Waals surface area contributed by atoms with Crippen LogP contribution in [0.25, 0.3) is 17.1 Å². The second-order valence-electron chi connectivity index (χ2n) is 8.77. The van der Waals surface area contributed by atoms with Crippen molar-refractivity contribution in [2.75, 3.05) is 5.32 Å². The Morgan fingerprint density at radius 2 is 2.16 bits per heavy atom. The summed E-state index contributed by atoms with van der Waals surface area (Å²) in [6, 6.07) is 3.73. The molecule has 0 unspecified atom stereocenters. The summed E-state index contributed by atoms with van der Waals surface area (Å²) in [6.45, 7) is 8.05. The number of carbonyl (C=O) groups excluding carboxylic acids is 1. The third-order valence-corrected chi connectivity index (χ3v) is 6.39. The Hall–Kier alpha value is -3.81. The van der Waals surface area contributed by atoms with Gasteiger partial charge in [0.05, 0.1) is 28.3 Å². The van der Waals surface area contributed by atoms with Crippen molar-refractivity contribution >= 4 is 28.7 Å². The molecule has 8 heteroatoms. The Morgan fingerprint density at radius 3 is 2.84 bits per heavy atom. The van der Waals surface area contributed by atoms with Crippen LogP contribution in [0, 0.1) is 12.8 Å². The van der Waals surface area contributed by atoms with Crippen LogP contribution < -0.4 is 5.32 Å². The number of nitrogens with one attached hydrogen (secondary N) is 2. The lowest BCUT2D eigenvalue weighted by Gasteiger charge is -2.45. The average Bonchev–Trinajstić information content (AvgIpc) is 3.36. The predicted molar refractivity (Wildman–Crippen MR) is 123 cm³/mol. The van der Waals surface area contributed by atoms with Crippen LogP contribution in [0.3, 0.4) is 0 Å². The van der Waals surface area contributed by atoms with Crippen molar-refractivity contribution in [2.24, 2.45) is 13.0 Å². The maximum atomic E-state index is 13.1. The second kappa shape index (κ2) is 7.40. The molecule has 0 radical (unpaired) electrons. The number of anilines is 1. The Kier molecular flexibility index (Phi) is 4.65. The van der Waals surface area contributed by atoms with E-state index in [0.717, 1.165) is 46.4 Å². The summed E-state index contributed by atoms with van der Waals surface area (Å²) in [7, 11) is 1.96. The maximum Gasteiger partial charge on any atom is 0.274 e. The number of nitrogens with zero attached hydrogens (tertiary/aromatic N) is 5. The first-order valence-corrected chi connectivity index (χ1v) is 10.6. The number of carbonyl (C=O) groups is 1. The largest absolute Gasteiger partial charge is 0.359 e. The van der Waals surface area contributed by atoms with Crippen molar-refractivity contribution in [1.29, 1.82) is 0 Å². The molecule has 4 aromatic rings. The van der Waals surface area contributed by atoms with E-state index in [9.17, 15) is 4.79 Å². The molecule has 162 valence electrons. The molecule has 1 aliphatic carbocycles. The summed E-state index contributed by atoms with van der Waals surface area (Å²) in [5, 5.41) is 11.4. The molecule has 0 atom stereocenters. The standard InChI is InChI=1S/C24H25N7O/c1-5-16-6-19(29-20-15(3)10-26-21(16)20)22(32)28-18-7-17(11-25-12-18)24(8-14(2)9-24)23-30-27-13-31(23)4/h5-7,10-14,26H,1,8-9H2,2-4H3,(H,28,32). The number of fused-ring (bicyclic) bond motifs is 1. The number of amides is 1. The highest BCUT2D eigenvalue weighted by Crippen LogP contribution is 2.51. The molecule has 1 aliphatic rings. The normalized spacial score (nSPS) is 20.2. The van der Waals surface area contributed by atoms with Crippen LogP contribution in [-0.2, 0) is 12.5 Å². The Labute approximate surface area is 185 Å².